The number of nitrogens with zero attached hydrogens (tertiary/aromatic N) is 2. The van der Waals surface area contributed by atoms with Gasteiger partial charge in [-0.2, -0.15) is 0 Å². The van der Waals surface area contributed by atoms with E-state index in [1.54, 1.807) is 6.20 Å². The van der Waals surface area contributed by atoms with Crippen molar-refractivity contribution >= 4 is 23.0 Å². The molecule has 0 aliphatic heterocycles. The van der Waals surface area contributed by atoms with Gasteiger partial charge in [0, 0.05) is 30.2 Å². The van der Waals surface area contributed by atoms with Gasteiger partial charge in [-0.25, -0.2) is 9.97 Å². The van der Waals surface area contributed by atoms with Gasteiger partial charge in [-0.15, -0.1) is 0 Å². The third kappa shape index (κ3) is 5.02. The summed E-state index contributed by atoms with van der Waals surface area (Å²) in [6.45, 7) is 8.92. The lowest BCUT2D eigenvalue weighted by molar-refractivity contribution is -0.172. The van der Waals surface area contributed by atoms with Crippen molar-refractivity contribution in [2.24, 2.45) is 29.2 Å². The number of hydrogen-bond acceptors (Lipinski definition) is 9. The van der Waals surface area contributed by atoms with Crippen molar-refractivity contribution in [2.75, 3.05) is 6.61 Å². The van der Waals surface area contributed by atoms with E-state index < -0.39 is 42.1 Å². The van der Waals surface area contributed by atoms with Gasteiger partial charge in [-0.1, -0.05) is 27.7 Å². The summed E-state index contributed by atoms with van der Waals surface area (Å²) in [5, 5.41) is 10.1. The minimum absolute atomic E-state index is 0.133. The van der Waals surface area contributed by atoms with Crippen LogP contribution in [0.5, 0.6) is 0 Å². The number of H-pyrrole nitrogens is 1. The second-order valence-electron chi connectivity index (χ2n) is 9.55. The van der Waals surface area contributed by atoms with Gasteiger partial charge in [0.1, 0.15) is 30.6 Å². The Balaban J connectivity index is 2.00. The number of carbonyl (C=O) groups excluding carboxylic acids is 2. The van der Waals surface area contributed by atoms with Crippen molar-refractivity contribution < 1.29 is 24.2 Å². The standard InChI is InChI=1S/C23H35N5O5/c1-10(2)16(24)22(30)32-20-13(8-29)6-14(21(20)33-23(31)17(25)11(3)4)15-7-26-18-12(5)27-9-28-19(15)18/h7,9-11,13-14,16-17,20-21,26,29H,6,8,24-25H2,1-5H3/t13-,14+,16+,17+,20-,21+/m1/s1. The van der Waals surface area contributed by atoms with Gasteiger partial charge in [0.2, 0.25) is 0 Å². The van der Waals surface area contributed by atoms with E-state index in [1.807, 2.05) is 34.6 Å². The summed E-state index contributed by atoms with van der Waals surface area (Å²) in [6.07, 6.45) is 1.99. The van der Waals surface area contributed by atoms with Crippen LogP contribution >= 0.6 is 0 Å². The molecule has 1 fully saturated rings. The lowest BCUT2D eigenvalue weighted by Crippen LogP contribution is -2.46. The predicted octanol–water partition coefficient (Wildman–Crippen LogP) is 1.15. The largest absolute Gasteiger partial charge is 0.457 e. The first-order valence-electron chi connectivity index (χ1n) is 11.4. The summed E-state index contributed by atoms with van der Waals surface area (Å²) in [6, 6.07) is -1.67. The number of esters is 2. The summed E-state index contributed by atoms with van der Waals surface area (Å²) in [5.41, 5.74) is 15.1. The second-order valence-corrected chi connectivity index (χ2v) is 9.55. The van der Waals surface area contributed by atoms with Gasteiger partial charge < -0.3 is 31.0 Å². The molecule has 0 bridgehead atoms. The van der Waals surface area contributed by atoms with Crippen LogP contribution in [0, 0.1) is 24.7 Å². The number of carbonyl (C=O) groups is 2. The summed E-state index contributed by atoms with van der Waals surface area (Å²) in [4.78, 5) is 37.4. The molecule has 2 heterocycles. The van der Waals surface area contributed by atoms with Crippen molar-refractivity contribution in [1.82, 2.24) is 15.0 Å². The Morgan fingerprint density at radius 1 is 1.09 bits per heavy atom. The van der Waals surface area contributed by atoms with Crippen LogP contribution < -0.4 is 11.5 Å². The van der Waals surface area contributed by atoms with Crippen molar-refractivity contribution in [1.29, 1.82) is 0 Å². The molecule has 10 nitrogen and oxygen atoms in total. The van der Waals surface area contributed by atoms with E-state index in [2.05, 4.69) is 15.0 Å². The van der Waals surface area contributed by atoms with Gasteiger partial charge in [-0.05, 0) is 25.2 Å². The maximum atomic E-state index is 12.8. The Morgan fingerprint density at radius 2 is 1.67 bits per heavy atom. The molecule has 182 valence electrons. The number of ether oxygens (including phenoxy) is 2. The molecule has 1 saturated carbocycles. The highest BCUT2D eigenvalue weighted by Gasteiger charge is 2.50. The average molecular weight is 462 g/mol. The van der Waals surface area contributed by atoms with Crippen LogP contribution in [0.4, 0.5) is 0 Å². The molecule has 3 rings (SSSR count). The zero-order valence-electron chi connectivity index (χ0n) is 19.8. The predicted molar refractivity (Wildman–Crippen MR) is 122 cm³/mol. The number of aliphatic hydroxyl groups is 1. The number of rotatable bonds is 8. The number of hydrogen-bond donors (Lipinski definition) is 4. The molecule has 2 aromatic heterocycles. The molecule has 1 aliphatic carbocycles. The fraction of sp³-hybridized carbons (Fsp3) is 0.652. The van der Waals surface area contributed by atoms with Gasteiger partial charge in [0.15, 0.2) is 0 Å². The number of nitrogens with two attached hydrogens (primary N) is 2. The Labute approximate surface area is 193 Å². The van der Waals surface area contributed by atoms with E-state index in [0.29, 0.717) is 11.9 Å². The Kier molecular flexibility index (Phi) is 7.71. The summed E-state index contributed by atoms with van der Waals surface area (Å²) < 4.78 is 11.7. The maximum Gasteiger partial charge on any atom is 0.323 e. The number of nitrogens with one attached hydrogen (secondary N) is 1. The highest BCUT2D eigenvalue weighted by atomic mass is 16.6. The van der Waals surface area contributed by atoms with Gasteiger partial charge in [-0.3, -0.25) is 9.59 Å². The molecule has 0 radical (unpaired) electrons. The third-order valence-corrected chi connectivity index (χ3v) is 6.54. The molecular weight excluding hydrogens is 426 g/mol. The summed E-state index contributed by atoms with van der Waals surface area (Å²) in [7, 11) is 0. The number of aryl methyl sites for hydroxylation is 1. The fourth-order valence-corrected chi connectivity index (χ4v) is 4.22. The minimum Gasteiger partial charge on any atom is -0.457 e. The van der Waals surface area contributed by atoms with Gasteiger partial charge in [0.05, 0.1) is 16.7 Å². The van der Waals surface area contributed by atoms with Crippen molar-refractivity contribution in [3.05, 3.63) is 23.8 Å². The monoisotopic (exact) mass is 461 g/mol. The maximum absolute atomic E-state index is 12.8. The summed E-state index contributed by atoms with van der Waals surface area (Å²) in [5.74, 6) is -2.27. The first kappa shape index (κ1) is 25.1. The van der Waals surface area contributed by atoms with Crippen molar-refractivity contribution in [3.63, 3.8) is 0 Å². The Bertz CT molecular complexity index is 991. The van der Waals surface area contributed by atoms with Crippen LogP contribution in [0.2, 0.25) is 0 Å². The lowest BCUT2D eigenvalue weighted by atomic mass is 9.96. The first-order chi connectivity index (χ1) is 15.6. The number of aliphatic hydroxyl groups excluding tert-OH is 1. The van der Waals surface area contributed by atoms with E-state index in [4.69, 9.17) is 20.9 Å². The van der Waals surface area contributed by atoms with Crippen LogP contribution in [0.3, 0.4) is 0 Å². The van der Waals surface area contributed by atoms with E-state index in [-0.39, 0.29) is 24.4 Å². The zero-order valence-corrected chi connectivity index (χ0v) is 19.8. The SMILES string of the molecule is Cc1ncnc2c([C@@H]3C[C@H](CO)[C@@H](OC(=O)[C@@H](N)C(C)C)[C@H]3OC(=O)[C@@H](N)C(C)C)c[nH]c12. The second kappa shape index (κ2) is 10.1. The summed E-state index contributed by atoms with van der Waals surface area (Å²) >= 11 is 0. The lowest BCUT2D eigenvalue weighted by Gasteiger charge is -2.29. The number of fused-ring (bicyclic) bond motifs is 1. The normalized spacial score (nSPS) is 24.9. The molecule has 0 aromatic carbocycles. The van der Waals surface area contributed by atoms with Crippen LogP contribution in [0.25, 0.3) is 11.0 Å². The topological polar surface area (TPSA) is 166 Å². The molecule has 0 amide bonds. The molecule has 0 unspecified atom stereocenters. The molecule has 33 heavy (non-hydrogen) atoms. The molecule has 0 spiro atoms. The van der Waals surface area contributed by atoms with Crippen LogP contribution in [0.1, 0.15) is 51.3 Å². The van der Waals surface area contributed by atoms with Crippen LogP contribution in [-0.2, 0) is 19.1 Å². The van der Waals surface area contributed by atoms with E-state index in [1.165, 1.54) is 6.33 Å². The van der Waals surface area contributed by atoms with Crippen LogP contribution in [0.15, 0.2) is 12.5 Å². The molecule has 6 atom stereocenters. The number of aromatic nitrogens is 3. The quantitative estimate of drug-likeness (QED) is 0.422. The number of aromatic amines is 1. The zero-order chi connectivity index (χ0) is 24.4. The minimum atomic E-state index is -0.867. The highest BCUT2D eigenvalue weighted by Crippen LogP contribution is 2.44. The molecular formula is C23H35N5O5. The molecule has 6 N–H and O–H groups in total. The third-order valence-electron chi connectivity index (χ3n) is 6.54. The molecule has 2 aromatic rings. The Hall–Kier alpha value is -2.56. The first-order valence-corrected chi connectivity index (χ1v) is 11.4. The van der Waals surface area contributed by atoms with Gasteiger partial charge >= 0.3 is 11.9 Å². The fourth-order valence-electron chi connectivity index (χ4n) is 4.22. The van der Waals surface area contributed by atoms with Gasteiger partial charge in [0.25, 0.3) is 0 Å². The van der Waals surface area contributed by atoms with E-state index in [9.17, 15) is 14.7 Å². The molecule has 10 heteroatoms. The smallest absolute Gasteiger partial charge is 0.323 e. The molecule has 0 saturated heterocycles. The van der Waals surface area contributed by atoms with Crippen molar-refractivity contribution in [3.8, 4) is 0 Å². The van der Waals surface area contributed by atoms with Crippen molar-refractivity contribution in [2.45, 2.75) is 71.2 Å². The van der Waals surface area contributed by atoms with Crippen LogP contribution in [-0.4, -0.2) is 62.9 Å². The van der Waals surface area contributed by atoms with E-state index in [0.717, 1.165) is 16.8 Å². The molecule has 1 aliphatic rings. The van der Waals surface area contributed by atoms with E-state index >= 15 is 0 Å². The Morgan fingerprint density at radius 3 is 2.21 bits per heavy atom. The highest BCUT2D eigenvalue weighted by molar-refractivity contribution is 5.82. The average Bonchev–Trinajstić information content (AvgIpc) is 3.34.